The van der Waals surface area contributed by atoms with Crippen molar-refractivity contribution in [3.8, 4) is 67.3 Å². The summed E-state index contributed by atoms with van der Waals surface area (Å²) < 4.78 is 16.4. The monoisotopic (exact) mass is 1130 g/mol. The predicted molar refractivity (Wildman–Crippen MR) is 373 cm³/mol. The molecule has 0 aliphatic heterocycles. The van der Waals surface area contributed by atoms with Crippen LogP contribution >= 0.6 is 0 Å². The topological polar surface area (TPSA) is 32.9 Å². The minimum absolute atomic E-state index is 0.869. The second-order valence-electron chi connectivity index (χ2n) is 23.6. The van der Waals surface area contributed by atoms with Gasteiger partial charge in [0.2, 0.25) is 0 Å². The van der Waals surface area contributed by atoms with Crippen LogP contribution in [0.5, 0.6) is 0 Å². The van der Waals surface area contributed by atoms with E-state index in [1.54, 1.807) is 0 Å². The van der Waals surface area contributed by atoms with Gasteiger partial charge in [0.25, 0.3) is 0 Å². The summed E-state index contributed by atoms with van der Waals surface area (Å²) in [6.07, 6.45) is 0. The summed E-state index contributed by atoms with van der Waals surface area (Å²) in [6, 6.07) is 115. The number of hydrogen-bond donors (Lipinski definition) is 0. The van der Waals surface area contributed by atoms with E-state index in [1.807, 2.05) is 0 Å². The molecule has 89 heavy (non-hydrogen) atoms. The van der Waals surface area contributed by atoms with Crippen molar-refractivity contribution < 1.29 is 4.42 Å². The maximum Gasteiger partial charge on any atom is 0.135 e. The van der Waals surface area contributed by atoms with Crippen LogP contribution in [0.25, 0.3) is 176 Å². The molecule has 0 saturated heterocycles. The molecule has 0 aliphatic carbocycles. The van der Waals surface area contributed by atoms with Gasteiger partial charge < -0.3 is 22.7 Å². The van der Waals surface area contributed by atoms with E-state index >= 15 is 0 Å². The molecule has 0 fully saturated rings. The fourth-order valence-electron chi connectivity index (χ4n) is 14.8. The number of benzene rings is 14. The lowest BCUT2D eigenvalue weighted by Crippen LogP contribution is -1.98. The Morgan fingerprint density at radius 3 is 0.787 bits per heavy atom. The molecule has 0 atom stereocenters. The van der Waals surface area contributed by atoms with Gasteiger partial charge in [-0.3, -0.25) is 0 Å². The summed E-state index contributed by atoms with van der Waals surface area (Å²) in [6.45, 7) is 0. The largest absolute Gasteiger partial charge is 0.456 e. The molecule has 0 bridgehead atoms. The average molecular weight is 1130 g/mol. The molecule has 0 saturated carbocycles. The number of furan rings is 1. The fraction of sp³-hybridized carbons (Fsp3) is 0. The Bertz CT molecular complexity index is 5740. The van der Waals surface area contributed by atoms with E-state index in [4.69, 9.17) is 4.42 Å². The minimum Gasteiger partial charge on any atom is -0.456 e. The molecule has 0 radical (unpaired) electrons. The second-order valence-corrected chi connectivity index (χ2v) is 23.6. The number of para-hydroxylation sites is 6. The highest BCUT2D eigenvalue weighted by Gasteiger charge is 2.24. The summed E-state index contributed by atoms with van der Waals surface area (Å²) in [7, 11) is 0. The summed E-state index contributed by atoms with van der Waals surface area (Å²) in [5.74, 6) is 0. The molecule has 0 spiro atoms. The van der Waals surface area contributed by atoms with Crippen LogP contribution in [-0.4, -0.2) is 18.3 Å². The van der Waals surface area contributed by atoms with Crippen molar-refractivity contribution in [1.82, 2.24) is 18.3 Å². The molecule has 0 amide bonds. The van der Waals surface area contributed by atoms with Gasteiger partial charge in [0, 0.05) is 76.6 Å². The molecule has 5 nitrogen and oxygen atoms in total. The van der Waals surface area contributed by atoms with Crippen LogP contribution in [0, 0.1) is 0 Å². The van der Waals surface area contributed by atoms with E-state index < -0.39 is 0 Å². The molecular weight excluding hydrogens is 1080 g/mol. The second kappa shape index (κ2) is 19.3. The fourth-order valence-corrected chi connectivity index (χ4v) is 14.8. The van der Waals surface area contributed by atoms with Gasteiger partial charge in [-0.15, -0.1) is 0 Å². The predicted octanol–water partition coefficient (Wildman–Crippen LogP) is 22.6. The van der Waals surface area contributed by atoms with Gasteiger partial charge in [-0.2, -0.15) is 0 Å². The van der Waals surface area contributed by atoms with Crippen LogP contribution < -0.4 is 0 Å². The molecule has 0 aliphatic rings. The molecule has 0 N–H and O–H groups in total. The zero-order chi connectivity index (χ0) is 58.3. The standard InChI is InChI=1S/C84H52N4O/c1-3-25-61(26-4-1)85-75-35-11-7-31-65(75)69-41-43-71-67-33-9-13-37-77(67)87(83(71)81(69)85)63-29-17-23-57(49-63)53-19-15-21-55(47-53)59-39-45-79-73(51-59)74-52-60(40-46-80(74)89-79)56-22-16-20-54(48-56)58-24-18-30-64(50-58)88-78-38-14-10-34-68(78)72-44-42-70-66-32-8-12-36-76(66)86(82(70)84(72)88)62-27-5-2-6-28-62/h1-52H. The molecule has 5 heterocycles. The van der Waals surface area contributed by atoms with Crippen LogP contribution in [0.3, 0.4) is 0 Å². The maximum atomic E-state index is 6.58. The summed E-state index contributed by atoms with van der Waals surface area (Å²) >= 11 is 0. The number of hydrogen-bond acceptors (Lipinski definition) is 1. The third-order valence-electron chi connectivity index (χ3n) is 18.7. The number of aromatic nitrogens is 4. The third kappa shape index (κ3) is 7.49. The molecule has 5 heteroatoms. The highest BCUT2D eigenvalue weighted by Crippen LogP contribution is 2.45. The van der Waals surface area contributed by atoms with Crippen molar-refractivity contribution >= 4 is 109 Å². The first-order valence-corrected chi connectivity index (χ1v) is 30.6. The van der Waals surface area contributed by atoms with E-state index in [1.165, 1.54) is 87.2 Å². The maximum absolute atomic E-state index is 6.58. The average Bonchev–Trinajstić information content (AvgIpc) is 1.58. The molecule has 0 unspecified atom stereocenters. The lowest BCUT2D eigenvalue weighted by molar-refractivity contribution is 0.669. The Balaban J connectivity index is 0.687. The summed E-state index contributed by atoms with van der Waals surface area (Å²) in [4.78, 5) is 0. The van der Waals surface area contributed by atoms with Crippen LogP contribution in [0.1, 0.15) is 0 Å². The lowest BCUT2D eigenvalue weighted by atomic mass is 9.96. The van der Waals surface area contributed by atoms with Crippen molar-refractivity contribution in [3.05, 3.63) is 315 Å². The zero-order valence-electron chi connectivity index (χ0n) is 48.2. The van der Waals surface area contributed by atoms with Gasteiger partial charge in [0.05, 0.1) is 44.1 Å². The minimum atomic E-state index is 0.869. The van der Waals surface area contributed by atoms with Crippen molar-refractivity contribution in [2.75, 3.05) is 0 Å². The van der Waals surface area contributed by atoms with Gasteiger partial charge in [-0.1, -0.05) is 206 Å². The van der Waals surface area contributed by atoms with Gasteiger partial charge >= 0.3 is 0 Å². The molecular formula is C84H52N4O. The Kier molecular flexibility index (Phi) is 10.7. The Morgan fingerprint density at radius 2 is 0.438 bits per heavy atom. The molecule has 19 rings (SSSR count). The first-order valence-electron chi connectivity index (χ1n) is 30.6. The van der Waals surface area contributed by atoms with Gasteiger partial charge in [-0.25, -0.2) is 0 Å². The summed E-state index contributed by atoms with van der Waals surface area (Å²) in [5, 5.41) is 12.0. The van der Waals surface area contributed by atoms with Gasteiger partial charge in [-0.05, 0) is 154 Å². The van der Waals surface area contributed by atoms with Gasteiger partial charge in [0.1, 0.15) is 11.2 Å². The van der Waals surface area contributed by atoms with Crippen molar-refractivity contribution in [2.24, 2.45) is 0 Å². The van der Waals surface area contributed by atoms with Gasteiger partial charge in [0.15, 0.2) is 0 Å². The first-order chi connectivity index (χ1) is 44.1. The normalized spacial score (nSPS) is 12.0. The van der Waals surface area contributed by atoms with Crippen molar-refractivity contribution in [1.29, 1.82) is 0 Å². The smallest absolute Gasteiger partial charge is 0.135 e. The van der Waals surface area contributed by atoms with Crippen molar-refractivity contribution in [3.63, 3.8) is 0 Å². The van der Waals surface area contributed by atoms with E-state index in [0.717, 1.165) is 89.2 Å². The Hall–Kier alpha value is -11.9. The Morgan fingerprint density at radius 1 is 0.169 bits per heavy atom. The van der Waals surface area contributed by atoms with Crippen LogP contribution in [-0.2, 0) is 0 Å². The van der Waals surface area contributed by atoms with Crippen LogP contribution in [0.15, 0.2) is 320 Å². The first kappa shape index (κ1) is 49.4. The number of nitrogens with zero attached hydrogens (tertiary/aromatic N) is 4. The molecule has 414 valence electrons. The lowest BCUT2D eigenvalue weighted by Gasteiger charge is -2.14. The molecule has 14 aromatic carbocycles. The SMILES string of the molecule is c1ccc(-n2c3ccccc3c3ccc4c5ccccc5n(-c5cccc(-c6cccc(-c7ccc8oc9ccc(-c%10cccc(-c%11cccc(-n%12c%13ccccc%13c%13ccc%14c%15ccccc%15n(-c%15ccccc%15)c%14c%13%12)c%11)c%10)cc9c8c7)c6)c5)c4c32)cc1. The number of fused-ring (bicyclic) bond motifs is 17. The molecule has 19 aromatic rings. The van der Waals surface area contributed by atoms with E-state index in [2.05, 4.69) is 334 Å². The quantitative estimate of drug-likeness (QED) is 0.149. The molecule has 5 aromatic heterocycles. The number of rotatable bonds is 8. The highest BCUT2D eigenvalue weighted by atomic mass is 16.3. The summed E-state index contributed by atoms with van der Waals surface area (Å²) in [5.41, 5.74) is 24.9. The Labute approximate surface area is 511 Å². The van der Waals surface area contributed by atoms with Crippen LogP contribution in [0.2, 0.25) is 0 Å². The third-order valence-corrected chi connectivity index (χ3v) is 18.7. The van der Waals surface area contributed by atoms with Crippen molar-refractivity contribution in [2.45, 2.75) is 0 Å². The van der Waals surface area contributed by atoms with E-state index in [-0.39, 0.29) is 0 Å². The van der Waals surface area contributed by atoms with E-state index in [9.17, 15) is 0 Å². The van der Waals surface area contributed by atoms with Crippen LogP contribution in [0.4, 0.5) is 0 Å². The van der Waals surface area contributed by atoms with E-state index in [0.29, 0.717) is 0 Å². The highest BCUT2D eigenvalue weighted by molar-refractivity contribution is 6.25. The zero-order valence-corrected chi connectivity index (χ0v) is 48.2.